The van der Waals surface area contributed by atoms with Crippen LogP contribution in [0.15, 0.2) is 10.8 Å². The zero-order valence-electron chi connectivity index (χ0n) is 13.4. The van der Waals surface area contributed by atoms with Crippen LogP contribution in [0.4, 0.5) is 0 Å². The molecule has 2 fully saturated rings. The summed E-state index contributed by atoms with van der Waals surface area (Å²) in [6.45, 7) is 7.28. The highest BCUT2D eigenvalue weighted by Gasteiger charge is 2.32. The monoisotopic (exact) mass is 307 g/mol. The average Bonchev–Trinajstić information content (AvgIpc) is 3.04. The van der Waals surface area contributed by atoms with E-state index in [4.69, 9.17) is 9.15 Å². The highest BCUT2D eigenvalue weighted by Crippen LogP contribution is 2.29. The number of hydrogen-bond acceptors (Lipinski definition) is 5. The Kier molecular flexibility index (Phi) is 4.78. The summed E-state index contributed by atoms with van der Waals surface area (Å²) < 4.78 is 11.4. The molecule has 1 aromatic rings. The summed E-state index contributed by atoms with van der Waals surface area (Å²) >= 11 is 0. The number of carbonyl (C=O) groups excluding carboxylic acids is 1. The zero-order valence-corrected chi connectivity index (χ0v) is 13.4. The number of aromatic nitrogens is 1. The van der Waals surface area contributed by atoms with E-state index < -0.39 is 0 Å². The molecule has 2 saturated heterocycles. The predicted octanol–water partition coefficient (Wildman–Crippen LogP) is 1.78. The molecule has 1 N–H and O–H groups in total. The molecule has 0 saturated carbocycles. The second-order valence-corrected chi connectivity index (χ2v) is 6.28. The van der Waals surface area contributed by atoms with Gasteiger partial charge in [0, 0.05) is 19.0 Å². The molecule has 3 heterocycles. The van der Waals surface area contributed by atoms with E-state index in [2.05, 4.69) is 17.2 Å². The van der Waals surface area contributed by atoms with Gasteiger partial charge in [-0.3, -0.25) is 4.79 Å². The van der Waals surface area contributed by atoms with E-state index in [0.29, 0.717) is 24.7 Å². The normalized spacial score (nSPS) is 27.1. The third kappa shape index (κ3) is 3.17. The lowest BCUT2D eigenvalue weighted by Gasteiger charge is -2.36. The Hall–Kier alpha value is -1.40. The molecule has 22 heavy (non-hydrogen) atoms. The molecule has 0 bridgehead atoms. The van der Waals surface area contributed by atoms with Gasteiger partial charge in [0.2, 0.25) is 0 Å². The van der Waals surface area contributed by atoms with E-state index in [-0.39, 0.29) is 18.1 Å². The van der Waals surface area contributed by atoms with Crippen molar-refractivity contribution in [3.05, 3.63) is 17.8 Å². The first-order chi connectivity index (χ1) is 10.7. The van der Waals surface area contributed by atoms with Crippen LogP contribution in [0.5, 0.6) is 0 Å². The molecule has 2 atom stereocenters. The number of hydrogen-bond donors (Lipinski definition) is 1. The van der Waals surface area contributed by atoms with Crippen molar-refractivity contribution in [1.29, 1.82) is 0 Å². The molecular formula is C16H25N3O3. The second-order valence-electron chi connectivity index (χ2n) is 6.28. The number of nitrogens with one attached hydrogen (secondary N) is 1. The largest absolute Gasteiger partial charge is 0.447 e. The predicted molar refractivity (Wildman–Crippen MR) is 81.9 cm³/mol. The molecule has 0 spiro atoms. The summed E-state index contributed by atoms with van der Waals surface area (Å²) in [5, 5.41) is 3.33. The number of nitrogens with zero attached hydrogens (tertiary/aromatic N) is 2. The van der Waals surface area contributed by atoms with Gasteiger partial charge in [0.25, 0.3) is 5.91 Å². The summed E-state index contributed by atoms with van der Waals surface area (Å²) in [6.07, 6.45) is 4.48. The van der Waals surface area contributed by atoms with Gasteiger partial charge in [-0.2, -0.15) is 0 Å². The maximum atomic E-state index is 12.9. The lowest BCUT2D eigenvalue weighted by Crippen LogP contribution is -2.49. The van der Waals surface area contributed by atoms with E-state index in [1.54, 1.807) is 0 Å². The van der Waals surface area contributed by atoms with Crippen molar-refractivity contribution in [2.75, 3.05) is 26.2 Å². The summed E-state index contributed by atoms with van der Waals surface area (Å²) in [5.74, 6) is 1.04. The van der Waals surface area contributed by atoms with Crippen LogP contribution in [0.1, 0.15) is 55.3 Å². The number of amides is 1. The van der Waals surface area contributed by atoms with E-state index >= 15 is 0 Å². The minimum atomic E-state index is -0.0177. The van der Waals surface area contributed by atoms with Crippen molar-refractivity contribution in [1.82, 2.24) is 15.2 Å². The smallest absolute Gasteiger partial charge is 0.276 e. The molecule has 0 aliphatic carbocycles. The SMILES string of the molecule is CCC1CN(C(=O)c2ncoc2C2CCNCC2)CC(C)O1. The van der Waals surface area contributed by atoms with Crippen molar-refractivity contribution in [2.45, 2.75) is 51.2 Å². The number of rotatable bonds is 3. The second kappa shape index (κ2) is 6.79. The third-order valence-corrected chi connectivity index (χ3v) is 4.58. The fourth-order valence-electron chi connectivity index (χ4n) is 3.38. The first-order valence-electron chi connectivity index (χ1n) is 8.27. The summed E-state index contributed by atoms with van der Waals surface area (Å²) in [5.41, 5.74) is 0.496. The topological polar surface area (TPSA) is 67.6 Å². The number of ether oxygens (including phenoxy) is 1. The Labute approximate surface area is 131 Å². The van der Waals surface area contributed by atoms with E-state index in [9.17, 15) is 4.79 Å². The molecular weight excluding hydrogens is 282 g/mol. The molecule has 0 radical (unpaired) electrons. The highest BCUT2D eigenvalue weighted by atomic mass is 16.5. The molecule has 2 aliphatic rings. The van der Waals surface area contributed by atoms with Gasteiger partial charge in [-0.05, 0) is 39.3 Å². The molecule has 1 aromatic heterocycles. The first kappa shape index (κ1) is 15.5. The van der Waals surface area contributed by atoms with Crippen LogP contribution >= 0.6 is 0 Å². The number of oxazole rings is 1. The molecule has 0 aromatic carbocycles. The van der Waals surface area contributed by atoms with Gasteiger partial charge in [-0.15, -0.1) is 0 Å². The summed E-state index contributed by atoms with van der Waals surface area (Å²) in [7, 11) is 0. The van der Waals surface area contributed by atoms with Gasteiger partial charge in [-0.25, -0.2) is 4.98 Å². The first-order valence-corrected chi connectivity index (χ1v) is 8.27. The van der Waals surface area contributed by atoms with Crippen LogP contribution in [-0.2, 0) is 4.74 Å². The molecule has 6 nitrogen and oxygen atoms in total. The number of morpholine rings is 1. The molecule has 6 heteroatoms. The van der Waals surface area contributed by atoms with Crippen molar-refractivity contribution < 1.29 is 13.9 Å². The lowest BCUT2D eigenvalue weighted by atomic mass is 9.94. The maximum absolute atomic E-state index is 12.9. The summed E-state index contributed by atoms with van der Waals surface area (Å²) in [6, 6.07) is 0. The maximum Gasteiger partial charge on any atom is 0.276 e. The van der Waals surface area contributed by atoms with Crippen molar-refractivity contribution >= 4 is 5.91 Å². The highest BCUT2D eigenvalue weighted by molar-refractivity contribution is 5.93. The summed E-state index contributed by atoms with van der Waals surface area (Å²) in [4.78, 5) is 19.0. The number of piperidine rings is 1. The fourth-order valence-corrected chi connectivity index (χ4v) is 3.38. The minimum absolute atomic E-state index is 0.0177. The lowest BCUT2D eigenvalue weighted by molar-refractivity contribution is -0.0682. The van der Waals surface area contributed by atoms with Crippen LogP contribution < -0.4 is 5.32 Å². The molecule has 1 amide bonds. The van der Waals surface area contributed by atoms with Gasteiger partial charge >= 0.3 is 0 Å². The Morgan fingerprint density at radius 3 is 2.91 bits per heavy atom. The van der Waals surface area contributed by atoms with Crippen LogP contribution in [-0.4, -0.2) is 54.2 Å². The standard InChI is InChI=1S/C16H25N3O3/c1-3-13-9-19(8-11(2)22-13)16(20)14-15(21-10-18-14)12-4-6-17-7-5-12/h10-13,17H,3-9H2,1-2H3. The third-order valence-electron chi connectivity index (χ3n) is 4.58. The Morgan fingerprint density at radius 2 is 2.18 bits per heavy atom. The Morgan fingerprint density at radius 1 is 1.41 bits per heavy atom. The molecule has 2 aliphatic heterocycles. The van der Waals surface area contributed by atoms with Crippen LogP contribution in [0.2, 0.25) is 0 Å². The number of carbonyl (C=O) groups is 1. The molecule has 122 valence electrons. The van der Waals surface area contributed by atoms with Crippen molar-refractivity contribution in [3.8, 4) is 0 Å². The van der Waals surface area contributed by atoms with Crippen molar-refractivity contribution in [3.63, 3.8) is 0 Å². The van der Waals surface area contributed by atoms with E-state index in [0.717, 1.165) is 38.1 Å². The van der Waals surface area contributed by atoms with Crippen LogP contribution in [0.25, 0.3) is 0 Å². The average molecular weight is 307 g/mol. The fraction of sp³-hybridized carbons (Fsp3) is 0.750. The Balaban J connectivity index is 1.76. The van der Waals surface area contributed by atoms with Gasteiger partial charge < -0.3 is 19.4 Å². The van der Waals surface area contributed by atoms with Crippen molar-refractivity contribution in [2.24, 2.45) is 0 Å². The zero-order chi connectivity index (χ0) is 15.5. The van der Waals surface area contributed by atoms with Crippen LogP contribution in [0, 0.1) is 0 Å². The van der Waals surface area contributed by atoms with Crippen LogP contribution in [0.3, 0.4) is 0 Å². The van der Waals surface area contributed by atoms with E-state index in [1.165, 1.54) is 6.39 Å². The van der Waals surface area contributed by atoms with Gasteiger partial charge in [0.15, 0.2) is 12.1 Å². The quantitative estimate of drug-likeness (QED) is 0.922. The van der Waals surface area contributed by atoms with Gasteiger partial charge in [-0.1, -0.05) is 6.92 Å². The molecule has 3 rings (SSSR count). The molecule has 2 unspecified atom stereocenters. The van der Waals surface area contributed by atoms with Gasteiger partial charge in [0.1, 0.15) is 5.76 Å². The van der Waals surface area contributed by atoms with Gasteiger partial charge in [0.05, 0.1) is 12.2 Å². The Bertz CT molecular complexity index is 510. The minimum Gasteiger partial charge on any atom is -0.447 e. The van der Waals surface area contributed by atoms with E-state index in [1.807, 2.05) is 11.8 Å².